The highest BCUT2D eigenvalue weighted by molar-refractivity contribution is 8.02. The molecular weight excluding hydrogens is 252 g/mol. The zero-order valence-electron chi connectivity index (χ0n) is 10.5. The second kappa shape index (κ2) is 4.83. The van der Waals surface area contributed by atoms with Crippen LogP contribution < -0.4 is 4.90 Å². The van der Waals surface area contributed by atoms with Gasteiger partial charge < -0.3 is 0 Å². The van der Waals surface area contributed by atoms with Crippen LogP contribution in [0, 0.1) is 18.4 Å². The van der Waals surface area contributed by atoms with E-state index in [0.717, 1.165) is 21.8 Å². The van der Waals surface area contributed by atoms with Crippen LogP contribution in [0.15, 0.2) is 58.8 Å². The summed E-state index contributed by atoms with van der Waals surface area (Å²) in [5, 5.41) is 11.5. The highest BCUT2D eigenvalue weighted by Gasteiger charge is 2.21. The largest absolute Gasteiger partial charge is 0.245 e. The van der Waals surface area contributed by atoms with E-state index in [1.165, 1.54) is 5.56 Å². The number of thioether (sulfide) groups is 1. The average Bonchev–Trinajstić information content (AvgIpc) is 2.46. The van der Waals surface area contributed by atoms with E-state index in [4.69, 9.17) is 0 Å². The second-order valence-corrected chi connectivity index (χ2v) is 5.30. The quantitative estimate of drug-likeness (QED) is 0.715. The lowest BCUT2D eigenvalue weighted by Crippen LogP contribution is -2.17. The van der Waals surface area contributed by atoms with Crippen molar-refractivity contribution >= 4 is 23.1 Å². The maximum absolute atomic E-state index is 9.46. The van der Waals surface area contributed by atoms with Gasteiger partial charge in [-0.05, 0) is 30.2 Å². The normalized spacial score (nSPS) is 13.5. The van der Waals surface area contributed by atoms with E-state index in [1.54, 1.807) is 16.7 Å². The van der Waals surface area contributed by atoms with E-state index in [2.05, 4.69) is 19.2 Å². The maximum Gasteiger partial charge on any atom is 0.189 e. The van der Waals surface area contributed by atoms with Crippen molar-refractivity contribution < 1.29 is 0 Å². The molecule has 2 nitrogen and oxygen atoms in total. The molecule has 0 fully saturated rings. The van der Waals surface area contributed by atoms with Crippen molar-refractivity contribution in [3.8, 4) is 6.19 Å². The first-order chi connectivity index (χ1) is 9.29. The molecule has 0 N–H and O–H groups in total. The predicted octanol–water partition coefficient (Wildman–Crippen LogP) is 4.39. The third-order valence-corrected chi connectivity index (χ3v) is 3.99. The molecule has 0 atom stereocenters. The van der Waals surface area contributed by atoms with E-state index in [-0.39, 0.29) is 0 Å². The lowest BCUT2D eigenvalue weighted by Gasteiger charge is -2.25. The molecule has 0 aromatic heterocycles. The Kier molecular flexibility index (Phi) is 3.02. The summed E-state index contributed by atoms with van der Waals surface area (Å²) in [5.74, 6) is 0. The van der Waals surface area contributed by atoms with Crippen LogP contribution in [0.3, 0.4) is 0 Å². The minimum atomic E-state index is 0.935. The van der Waals surface area contributed by atoms with Gasteiger partial charge in [0.25, 0.3) is 0 Å². The molecule has 2 aromatic carbocycles. The second-order valence-electron chi connectivity index (χ2n) is 4.39. The van der Waals surface area contributed by atoms with Gasteiger partial charge in [0.2, 0.25) is 0 Å². The van der Waals surface area contributed by atoms with Crippen molar-refractivity contribution in [1.82, 2.24) is 0 Å². The molecule has 3 rings (SSSR count). The Morgan fingerprint density at radius 1 is 1.11 bits per heavy atom. The highest BCUT2D eigenvalue weighted by atomic mass is 32.2. The molecule has 0 aliphatic carbocycles. The number of anilines is 1. The van der Waals surface area contributed by atoms with Gasteiger partial charge in [-0.25, -0.2) is 4.90 Å². The van der Waals surface area contributed by atoms with Gasteiger partial charge in [-0.15, -0.1) is 0 Å². The Bertz CT molecular complexity index is 684. The van der Waals surface area contributed by atoms with Crippen LogP contribution in [0.4, 0.5) is 5.69 Å². The van der Waals surface area contributed by atoms with Crippen LogP contribution in [0.25, 0.3) is 5.70 Å². The Morgan fingerprint density at radius 2 is 1.89 bits per heavy atom. The fourth-order valence-electron chi connectivity index (χ4n) is 2.12. The fraction of sp³-hybridized carbons (Fsp3) is 0.0625. The van der Waals surface area contributed by atoms with Crippen molar-refractivity contribution in [2.24, 2.45) is 0 Å². The number of rotatable bonds is 1. The highest BCUT2D eigenvalue weighted by Crippen LogP contribution is 2.41. The minimum absolute atomic E-state index is 0.935. The van der Waals surface area contributed by atoms with E-state index < -0.39 is 0 Å². The third kappa shape index (κ3) is 2.11. The molecule has 3 heteroatoms. The number of nitriles is 1. The summed E-state index contributed by atoms with van der Waals surface area (Å²) in [6.45, 7) is 2.06. The molecule has 1 aliphatic rings. The molecule has 1 aliphatic heterocycles. The predicted molar refractivity (Wildman–Crippen MR) is 79.5 cm³/mol. The van der Waals surface area contributed by atoms with Crippen LogP contribution in [-0.2, 0) is 0 Å². The van der Waals surface area contributed by atoms with Gasteiger partial charge in [-0.2, -0.15) is 5.26 Å². The number of hydrogen-bond acceptors (Lipinski definition) is 3. The smallest absolute Gasteiger partial charge is 0.189 e. The van der Waals surface area contributed by atoms with Crippen molar-refractivity contribution in [2.75, 3.05) is 4.90 Å². The van der Waals surface area contributed by atoms with Crippen molar-refractivity contribution in [3.05, 3.63) is 65.1 Å². The van der Waals surface area contributed by atoms with Gasteiger partial charge in [0, 0.05) is 10.3 Å². The molecule has 19 heavy (non-hydrogen) atoms. The third-order valence-electron chi connectivity index (χ3n) is 3.06. The lowest BCUT2D eigenvalue weighted by molar-refractivity contribution is 1.21. The zero-order chi connectivity index (χ0) is 13.2. The topological polar surface area (TPSA) is 27.0 Å². The summed E-state index contributed by atoms with van der Waals surface area (Å²) in [6, 6.07) is 16.2. The fourth-order valence-corrected chi connectivity index (χ4v) is 3.13. The van der Waals surface area contributed by atoms with Crippen molar-refractivity contribution in [1.29, 1.82) is 5.26 Å². The van der Waals surface area contributed by atoms with Crippen molar-refractivity contribution in [2.45, 2.75) is 11.8 Å². The van der Waals surface area contributed by atoms with Crippen LogP contribution in [0.2, 0.25) is 0 Å². The molecule has 92 valence electrons. The molecule has 0 saturated carbocycles. The maximum atomic E-state index is 9.46. The summed E-state index contributed by atoms with van der Waals surface area (Å²) in [4.78, 5) is 2.82. The number of nitrogens with zero attached hydrogens (tertiary/aromatic N) is 2. The van der Waals surface area contributed by atoms with Gasteiger partial charge in [0.1, 0.15) is 0 Å². The van der Waals surface area contributed by atoms with Gasteiger partial charge >= 0.3 is 0 Å². The number of benzene rings is 2. The zero-order valence-corrected chi connectivity index (χ0v) is 11.3. The van der Waals surface area contributed by atoms with Crippen LogP contribution in [-0.4, -0.2) is 0 Å². The van der Waals surface area contributed by atoms with Gasteiger partial charge in [-0.3, -0.25) is 0 Å². The molecule has 0 saturated heterocycles. The number of hydrogen-bond donors (Lipinski definition) is 0. The summed E-state index contributed by atoms with van der Waals surface area (Å²) in [6.07, 6.45) is 2.28. The van der Waals surface area contributed by atoms with Gasteiger partial charge in [0.15, 0.2) is 6.19 Å². The Hall–Kier alpha value is -2.18. The van der Waals surface area contributed by atoms with E-state index >= 15 is 0 Å². The van der Waals surface area contributed by atoms with Gasteiger partial charge in [-0.1, -0.05) is 48.2 Å². The molecule has 0 radical (unpaired) electrons. The molecule has 0 unspecified atom stereocenters. The van der Waals surface area contributed by atoms with Crippen molar-refractivity contribution in [3.63, 3.8) is 0 Å². The Balaban J connectivity index is 2.09. The number of fused-ring (bicyclic) bond motifs is 1. The number of aryl methyl sites for hydroxylation is 1. The van der Waals surface area contributed by atoms with E-state index in [1.807, 2.05) is 47.9 Å². The lowest BCUT2D eigenvalue weighted by atomic mass is 10.1. The van der Waals surface area contributed by atoms with E-state index in [0.29, 0.717) is 0 Å². The molecular formula is C16H12N2S. The monoisotopic (exact) mass is 264 g/mol. The van der Waals surface area contributed by atoms with Crippen LogP contribution in [0.1, 0.15) is 11.1 Å². The molecule has 0 bridgehead atoms. The first kappa shape index (κ1) is 11.9. The first-order valence-electron chi connectivity index (χ1n) is 6.02. The summed E-state index contributed by atoms with van der Waals surface area (Å²) < 4.78 is 0. The Labute approximate surface area is 117 Å². The molecule has 0 amide bonds. The summed E-state index contributed by atoms with van der Waals surface area (Å²) >= 11 is 1.67. The van der Waals surface area contributed by atoms with Crippen LogP contribution in [0.5, 0.6) is 0 Å². The van der Waals surface area contributed by atoms with Gasteiger partial charge in [0.05, 0.1) is 11.4 Å². The average molecular weight is 264 g/mol. The SMILES string of the molecule is Cc1ccc2c(c1)SC=C(c1ccccc1)N2C#N. The van der Waals surface area contributed by atoms with Crippen LogP contribution >= 0.6 is 11.8 Å². The van der Waals surface area contributed by atoms with E-state index in [9.17, 15) is 5.26 Å². The molecule has 2 aromatic rings. The molecule has 1 heterocycles. The minimum Gasteiger partial charge on any atom is -0.245 e. The molecule has 0 spiro atoms. The summed E-state index contributed by atoms with van der Waals surface area (Å²) in [7, 11) is 0. The Morgan fingerprint density at radius 3 is 2.63 bits per heavy atom. The first-order valence-corrected chi connectivity index (χ1v) is 6.90. The summed E-state index contributed by atoms with van der Waals surface area (Å²) in [5.41, 5.74) is 4.16. The standard InChI is InChI=1S/C16H12N2S/c1-12-7-8-14-16(9-12)19-10-15(18(14)11-17)13-5-3-2-4-6-13/h2-10H,1H3.